The molecule has 0 aliphatic rings. The van der Waals surface area contributed by atoms with Gasteiger partial charge in [-0.3, -0.25) is 4.57 Å². The van der Waals surface area contributed by atoms with E-state index >= 15 is 0 Å². The Hall–Kier alpha value is -0.860. The molecule has 0 aliphatic carbocycles. The van der Waals surface area contributed by atoms with Crippen LogP contribution in [-0.4, -0.2) is 26.5 Å². The molecule has 0 bridgehead atoms. The van der Waals surface area contributed by atoms with Crippen LogP contribution in [0.25, 0.3) is 0 Å². The molecule has 0 radical (unpaired) electrons. The molecular formula is C9H7BrN3O2S2-. The third-order valence-electron chi connectivity index (χ3n) is 1.88. The summed E-state index contributed by atoms with van der Waals surface area (Å²) < 4.78 is 2.41. The number of hydrogen-bond donors (Lipinski definition) is 0. The molecule has 2 rings (SSSR count). The number of carbonyl (C=O) groups excluding carboxylic acids is 1. The molecule has 0 aliphatic heterocycles. The fraction of sp³-hybridized carbons (Fsp3) is 0.222. The van der Waals surface area contributed by atoms with Crippen molar-refractivity contribution in [1.82, 2.24) is 14.8 Å². The molecule has 0 saturated carbocycles. The Morgan fingerprint density at radius 1 is 1.59 bits per heavy atom. The number of aliphatic carboxylic acids is 1. The number of aromatic nitrogens is 3. The van der Waals surface area contributed by atoms with Crippen LogP contribution in [0.5, 0.6) is 0 Å². The number of carbonyl (C=O) groups is 1. The minimum Gasteiger partial charge on any atom is -0.549 e. The molecule has 0 fully saturated rings. The fourth-order valence-corrected chi connectivity index (χ4v) is 3.03. The number of carboxylic acids is 1. The molecule has 0 atom stereocenters. The highest BCUT2D eigenvalue weighted by atomic mass is 79.9. The molecule has 2 heterocycles. The first-order valence-corrected chi connectivity index (χ1v) is 7.26. The molecule has 90 valence electrons. The zero-order valence-corrected chi connectivity index (χ0v) is 11.7. The van der Waals surface area contributed by atoms with Gasteiger partial charge in [0.15, 0.2) is 5.16 Å². The molecule has 5 nitrogen and oxygen atoms in total. The number of halogens is 1. The van der Waals surface area contributed by atoms with Crippen LogP contribution in [0, 0.1) is 0 Å². The molecule has 8 heteroatoms. The van der Waals surface area contributed by atoms with Crippen LogP contribution in [0.15, 0.2) is 27.4 Å². The Bertz CT molecular complexity index is 512. The number of rotatable bonds is 5. The molecule has 0 N–H and O–H groups in total. The van der Waals surface area contributed by atoms with E-state index in [1.165, 1.54) is 0 Å². The minimum atomic E-state index is -1.11. The maximum absolute atomic E-state index is 10.4. The maximum Gasteiger partial charge on any atom is 0.201 e. The van der Waals surface area contributed by atoms with Crippen molar-refractivity contribution in [3.8, 4) is 0 Å². The molecule has 0 amide bonds. The predicted octanol–water partition coefficient (Wildman–Crippen LogP) is 0.992. The van der Waals surface area contributed by atoms with Gasteiger partial charge in [0.05, 0.1) is 12.5 Å². The van der Waals surface area contributed by atoms with E-state index in [0.29, 0.717) is 16.4 Å². The van der Waals surface area contributed by atoms with Crippen molar-refractivity contribution < 1.29 is 9.90 Å². The first kappa shape index (κ1) is 12.6. The van der Waals surface area contributed by atoms with Gasteiger partial charge in [-0.2, -0.15) is 0 Å². The average Bonchev–Trinajstić information content (AvgIpc) is 2.89. The summed E-state index contributed by atoms with van der Waals surface area (Å²) >= 11 is 6.02. The lowest BCUT2D eigenvalue weighted by Gasteiger charge is -2.06. The molecule has 2 aromatic rings. The fourth-order valence-electron chi connectivity index (χ4n) is 1.19. The summed E-state index contributed by atoms with van der Waals surface area (Å²) in [5, 5.41) is 20.7. The summed E-state index contributed by atoms with van der Waals surface area (Å²) in [5.41, 5.74) is 0. The van der Waals surface area contributed by atoms with Crippen LogP contribution in [-0.2, 0) is 11.3 Å². The van der Waals surface area contributed by atoms with E-state index in [9.17, 15) is 9.90 Å². The lowest BCUT2D eigenvalue weighted by atomic mass is 10.5. The number of carboxylic acid groups (broad SMARTS) is 1. The topological polar surface area (TPSA) is 70.8 Å². The summed E-state index contributed by atoms with van der Waals surface area (Å²) in [5.74, 6) is -1.24. The zero-order chi connectivity index (χ0) is 12.3. The van der Waals surface area contributed by atoms with Crippen LogP contribution < -0.4 is 5.11 Å². The molecule has 0 unspecified atom stereocenters. The lowest BCUT2D eigenvalue weighted by molar-refractivity contribution is -0.301. The van der Waals surface area contributed by atoms with E-state index in [4.69, 9.17) is 0 Å². The molecule has 2 aromatic heterocycles. The molecule has 0 aromatic carbocycles. The SMILES string of the molecule is O=C([O-])CSc1nnc(Br)n1Cc1cccs1. The van der Waals surface area contributed by atoms with Crippen molar-refractivity contribution in [2.24, 2.45) is 0 Å². The summed E-state index contributed by atoms with van der Waals surface area (Å²) in [6.07, 6.45) is 0. The molecule has 0 spiro atoms. The first-order chi connectivity index (χ1) is 8.16. The van der Waals surface area contributed by atoms with E-state index in [0.717, 1.165) is 16.6 Å². The van der Waals surface area contributed by atoms with E-state index < -0.39 is 5.97 Å². The van der Waals surface area contributed by atoms with Gasteiger partial charge < -0.3 is 9.90 Å². The lowest BCUT2D eigenvalue weighted by Crippen LogP contribution is -2.24. The second-order valence-electron chi connectivity index (χ2n) is 3.08. The third kappa shape index (κ3) is 3.30. The number of nitrogens with zero attached hydrogens (tertiary/aromatic N) is 3. The smallest absolute Gasteiger partial charge is 0.201 e. The van der Waals surface area contributed by atoms with Crippen LogP contribution in [0.1, 0.15) is 4.88 Å². The van der Waals surface area contributed by atoms with Crippen molar-refractivity contribution in [3.05, 3.63) is 27.1 Å². The van der Waals surface area contributed by atoms with Gasteiger partial charge in [0.25, 0.3) is 0 Å². The van der Waals surface area contributed by atoms with Gasteiger partial charge in [-0.25, -0.2) is 0 Å². The largest absolute Gasteiger partial charge is 0.549 e. The quantitative estimate of drug-likeness (QED) is 0.763. The van der Waals surface area contributed by atoms with Gasteiger partial charge >= 0.3 is 0 Å². The second kappa shape index (κ2) is 5.65. The van der Waals surface area contributed by atoms with Crippen LogP contribution in [0.2, 0.25) is 0 Å². The number of thiophene rings is 1. The highest BCUT2D eigenvalue weighted by molar-refractivity contribution is 9.10. The van der Waals surface area contributed by atoms with Crippen molar-refractivity contribution in [2.75, 3.05) is 5.75 Å². The summed E-state index contributed by atoms with van der Waals surface area (Å²) in [7, 11) is 0. The number of thioether (sulfide) groups is 1. The van der Waals surface area contributed by atoms with Crippen LogP contribution in [0.3, 0.4) is 0 Å². The van der Waals surface area contributed by atoms with Gasteiger partial charge in [-0.05, 0) is 27.4 Å². The summed E-state index contributed by atoms with van der Waals surface area (Å²) in [4.78, 5) is 11.6. The Balaban J connectivity index is 2.14. The van der Waals surface area contributed by atoms with Crippen molar-refractivity contribution >= 4 is 45.0 Å². The first-order valence-electron chi connectivity index (χ1n) is 4.60. The van der Waals surface area contributed by atoms with E-state index in [2.05, 4.69) is 26.1 Å². The normalized spacial score (nSPS) is 10.6. The predicted molar refractivity (Wildman–Crippen MR) is 66.9 cm³/mol. The Labute approximate surface area is 114 Å². The van der Waals surface area contributed by atoms with Gasteiger partial charge in [0.1, 0.15) is 0 Å². The van der Waals surface area contributed by atoms with Crippen molar-refractivity contribution in [1.29, 1.82) is 0 Å². The van der Waals surface area contributed by atoms with Crippen molar-refractivity contribution in [3.63, 3.8) is 0 Å². The zero-order valence-electron chi connectivity index (χ0n) is 8.50. The van der Waals surface area contributed by atoms with E-state index in [1.54, 1.807) is 11.3 Å². The van der Waals surface area contributed by atoms with E-state index in [1.807, 2.05) is 22.1 Å². The van der Waals surface area contributed by atoms with Crippen LogP contribution in [0.4, 0.5) is 0 Å². The third-order valence-corrected chi connectivity index (χ3v) is 4.27. The van der Waals surface area contributed by atoms with E-state index in [-0.39, 0.29) is 5.75 Å². The Morgan fingerprint density at radius 2 is 2.41 bits per heavy atom. The standard InChI is InChI=1S/C9H8BrN3O2S2/c10-8-11-12-9(17-5-7(14)15)13(8)4-6-2-1-3-16-6/h1-3H,4-5H2,(H,14,15)/p-1. The van der Waals surface area contributed by atoms with Crippen LogP contribution >= 0.6 is 39.0 Å². The monoisotopic (exact) mass is 332 g/mol. The minimum absolute atomic E-state index is 0.129. The molecule has 17 heavy (non-hydrogen) atoms. The Morgan fingerprint density at radius 3 is 3.06 bits per heavy atom. The molecular weight excluding hydrogens is 326 g/mol. The van der Waals surface area contributed by atoms with Gasteiger partial charge in [-0.1, -0.05) is 17.8 Å². The number of hydrogen-bond acceptors (Lipinski definition) is 6. The van der Waals surface area contributed by atoms with Gasteiger partial charge in [0, 0.05) is 10.6 Å². The highest BCUT2D eigenvalue weighted by Crippen LogP contribution is 2.22. The van der Waals surface area contributed by atoms with Gasteiger partial charge in [-0.15, -0.1) is 21.5 Å². The summed E-state index contributed by atoms with van der Waals surface area (Å²) in [6.45, 7) is 0.626. The second-order valence-corrected chi connectivity index (χ2v) is 5.76. The molecule has 0 saturated heterocycles. The average molecular weight is 333 g/mol. The van der Waals surface area contributed by atoms with Gasteiger partial charge in [0.2, 0.25) is 4.73 Å². The van der Waals surface area contributed by atoms with Crippen molar-refractivity contribution in [2.45, 2.75) is 11.7 Å². The highest BCUT2D eigenvalue weighted by Gasteiger charge is 2.11. The maximum atomic E-state index is 10.4. The summed E-state index contributed by atoms with van der Waals surface area (Å²) in [6, 6.07) is 3.97. The Kier molecular flexibility index (Phi) is 4.19.